The number of amides is 2. The standard InChI is InChI=1S/C15H21BrN2O3/c1-5-18(11(4)8-13(19)20)15(21)17-12-6-9(2)14(16)10(3)7-12/h6-7,11H,5,8H2,1-4H3,(H,17,21)(H,19,20). The number of urea groups is 1. The molecule has 2 N–H and O–H groups in total. The van der Waals surface area contributed by atoms with E-state index < -0.39 is 5.97 Å². The Morgan fingerprint density at radius 3 is 2.29 bits per heavy atom. The SMILES string of the molecule is CCN(C(=O)Nc1cc(C)c(Br)c(C)c1)C(C)CC(=O)O. The average molecular weight is 357 g/mol. The Kier molecular flexibility index (Phi) is 6.20. The molecule has 2 amide bonds. The molecular weight excluding hydrogens is 336 g/mol. The Balaban J connectivity index is 2.85. The van der Waals surface area contributed by atoms with Crippen LogP contribution in [0.3, 0.4) is 0 Å². The first-order valence-electron chi connectivity index (χ1n) is 6.82. The molecule has 0 spiro atoms. The lowest BCUT2D eigenvalue weighted by atomic mass is 10.1. The van der Waals surface area contributed by atoms with Crippen LogP contribution in [0.5, 0.6) is 0 Å². The molecule has 0 aliphatic carbocycles. The molecule has 0 aromatic heterocycles. The molecule has 0 saturated carbocycles. The lowest BCUT2D eigenvalue weighted by Gasteiger charge is -2.27. The minimum absolute atomic E-state index is 0.0698. The average Bonchev–Trinajstić information content (AvgIpc) is 2.35. The fourth-order valence-electron chi connectivity index (χ4n) is 2.23. The van der Waals surface area contributed by atoms with Gasteiger partial charge in [0.1, 0.15) is 0 Å². The van der Waals surface area contributed by atoms with Gasteiger partial charge < -0.3 is 15.3 Å². The number of nitrogens with one attached hydrogen (secondary N) is 1. The number of hydrogen-bond donors (Lipinski definition) is 2. The van der Waals surface area contributed by atoms with E-state index in [1.54, 1.807) is 6.92 Å². The summed E-state index contributed by atoms with van der Waals surface area (Å²) in [4.78, 5) is 24.6. The van der Waals surface area contributed by atoms with Crippen molar-refractivity contribution in [1.82, 2.24) is 4.90 Å². The highest BCUT2D eigenvalue weighted by Gasteiger charge is 2.21. The van der Waals surface area contributed by atoms with E-state index in [0.717, 1.165) is 15.6 Å². The lowest BCUT2D eigenvalue weighted by molar-refractivity contribution is -0.137. The second kappa shape index (κ2) is 7.45. The van der Waals surface area contributed by atoms with Gasteiger partial charge in [-0.25, -0.2) is 4.79 Å². The minimum Gasteiger partial charge on any atom is -0.481 e. The summed E-state index contributed by atoms with van der Waals surface area (Å²) in [7, 11) is 0. The predicted molar refractivity (Wildman–Crippen MR) is 86.7 cm³/mol. The van der Waals surface area contributed by atoms with Crippen LogP contribution in [-0.4, -0.2) is 34.6 Å². The molecule has 1 aromatic rings. The number of carbonyl (C=O) groups is 2. The number of halogens is 1. The number of hydrogen-bond acceptors (Lipinski definition) is 2. The number of rotatable bonds is 5. The first-order chi connectivity index (χ1) is 9.76. The highest BCUT2D eigenvalue weighted by atomic mass is 79.9. The molecule has 1 unspecified atom stereocenters. The van der Waals surface area contributed by atoms with E-state index in [-0.39, 0.29) is 18.5 Å². The quantitative estimate of drug-likeness (QED) is 0.843. The number of aryl methyl sites for hydroxylation is 2. The molecule has 1 rings (SSSR count). The molecule has 0 saturated heterocycles. The normalized spacial score (nSPS) is 11.9. The van der Waals surface area contributed by atoms with Crippen molar-refractivity contribution < 1.29 is 14.7 Å². The van der Waals surface area contributed by atoms with Crippen molar-refractivity contribution in [3.8, 4) is 0 Å². The summed E-state index contributed by atoms with van der Waals surface area (Å²) >= 11 is 3.48. The van der Waals surface area contributed by atoms with Gasteiger partial charge >= 0.3 is 12.0 Å². The molecule has 116 valence electrons. The third-order valence-corrected chi connectivity index (χ3v) is 4.54. The van der Waals surface area contributed by atoms with Crippen LogP contribution in [-0.2, 0) is 4.79 Å². The van der Waals surface area contributed by atoms with E-state index in [2.05, 4.69) is 21.2 Å². The van der Waals surface area contributed by atoms with Gasteiger partial charge in [0.25, 0.3) is 0 Å². The summed E-state index contributed by atoms with van der Waals surface area (Å²) in [6.45, 7) is 7.93. The largest absolute Gasteiger partial charge is 0.481 e. The van der Waals surface area contributed by atoms with Crippen LogP contribution >= 0.6 is 15.9 Å². The third kappa shape index (κ3) is 4.74. The summed E-state index contributed by atoms with van der Waals surface area (Å²) in [5, 5.41) is 11.7. The van der Waals surface area contributed by atoms with Gasteiger partial charge in [0, 0.05) is 22.7 Å². The second-order valence-electron chi connectivity index (χ2n) is 5.09. The van der Waals surface area contributed by atoms with E-state index >= 15 is 0 Å². The van der Waals surface area contributed by atoms with E-state index in [0.29, 0.717) is 12.2 Å². The summed E-state index contributed by atoms with van der Waals surface area (Å²) in [6.07, 6.45) is -0.0698. The molecule has 21 heavy (non-hydrogen) atoms. The van der Waals surface area contributed by atoms with E-state index in [9.17, 15) is 9.59 Å². The Morgan fingerprint density at radius 1 is 1.33 bits per heavy atom. The number of carboxylic acid groups (broad SMARTS) is 1. The van der Waals surface area contributed by atoms with Gasteiger partial charge in [-0.1, -0.05) is 15.9 Å². The molecule has 1 atom stereocenters. The van der Waals surface area contributed by atoms with E-state index in [1.165, 1.54) is 4.90 Å². The first kappa shape index (κ1) is 17.5. The van der Waals surface area contributed by atoms with Gasteiger partial charge in [-0.15, -0.1) is 0 Å². The second-order valence-corrected chi connectivity index (χ2v) is 5.88. The zero-order valence-electron chi connectivity index (χ0n) is 12.7. The van der Waals surface area contributed by atoms with Crippen LogP contribution in [0, 0.1) is 13.8 Å². The predicted octanol–water partition coefficient (Wildman–Crippen LogP) is 3.78. The molecule has 0 aliphatic rings. The molecule has 0 heterocycles. The Hall–Kier alpha value is -1.56. The number of aliphatic carboxylic acids is 1. The molecule has 0 radical (unpaired) electrons. The number of carboxylic acids is 1. The van der Waals surface area contributed by atoms with Crippen molar-refractivity contribution in [1.29, 1.82) is 0 Å². The lowest BCUT2D eigenvalue weighted by Crippen LogP contribution is -2.42. The van der Waals surface area contributed by atoms with Gasteiger partial charge in [-0.2, -0.15) is 0 Å². The molecular formula is C15H21BrN2O3. The monoisotopic (exact) mass is 356 g/mol. The maximum atomic E-state index is 12.3. The fourth-order valence-corrected chi connectivity index (χ4v) is 2.46. The zero-order valence-corrected chi connectivity index (χ0v) is 14.3. The molecule has 6 heteroatoms. The number of carbonyl (C=O) groups excluding carboxylic acids is 1. The van der Waals surface area contributed by atoms with Crippen LogP contribution in [0.2, 0.25) is 0 Å². The minimum atomic E-state index is -0.913. The molecule has 0 fully saturated rings. The molecule has 0 aliphatic heterocycles. The summed E-state index contributed by atoms with van der Waals surface area (Å²) < 4.78 is 1.02. The van der Waals surface area contributed by atoms with Crippen LogP contribution in [0.15, 0.2) is 16.6 Å². The Labute approximate surface area is 133 Å². The van der Waals surface area contributed by atoms with Gasteiger partial charge in [0.05, 0.1) is 6.42 Å². The van der Waals surface area contributed by atoms with Crippen LogP contribution in [0.1, 0.15) is 31.4 Å². The smallest absolute Gasteiger partial charge is 0.322 e. The van der Waals surface area contributed by atoms with Crippen molar-refractivity contribution in [2.45, 2.75) is 40.2 Å². The zero-order chi connectivity index (χ0) is 16.2. The molecule has 1 aromatic carbocycles. The van der Waals surface area contributed by atoms with Crippen LogP contribution in [0.4, 0.5) is 10.5 Å². The third-order valence-electron chi connectivity index (χ3n) is 3.29. The van der Waals surface area contributed by atoms with Gasteiger partial charge in [-0.05, 0) is 51.0 Å². The van der Waals surface area contributed by atoms with Crippen molar-refractivity contribution in [3.05, 3.63) is 27.7 Å². The number of benzene rings is 1. The van der Waals surface area contributed by atoms with Crippen molar-refractivity contribution in [3.63, 3.8) is 0 Å². The maximum Gasteiger partial charge on any atom is 0.322 e. The highest BCUT2D eigenvalue weighted by Crippen LogP contribution is 2.25. The van der Waals surface area contributed by atoms with Crippen LogP contribution < -0.4 is 5.32 Å². The number of anilines is 1. The van der Waals surface area contributed by atoms with E-state index in [1.807, 2.05) is 32.9 Å². The Bertz CT molecular complexity index is 523. The van der Waals surface area contributed by atoms with Crippen molar-refractivity contribution in [2.75, 3.05) is 11.9 Å². The molecule has 0 bridgehead atoms. The van der Waals surface area contributed by atoms with Gasteiger partial charge in [0.2, 0.25) is 0 Å². The topological polar surface area (TPSA) is 69.6 Å². The summed E-state index contributed by atoms with van der Waals surface area (Å²) in [6, 6.07) is 3.12. The summed E-state index contributed by atoms with van der Waals surface area (Å²) in [5.41, 5.74) is 2.78. The summed E-state index contributed by atoms with van der Waals surface area (Å²) in [5.74, 6) is -0.913. The number of nitrogens with zero attached hydrogens (tertiary/aromatic N) is 1. The Morgan fingerprint density at radius 2 is 1.86 bits per heavy atom. The fraction of sp³-hybridized carbons (Fsp3) is 0.467. The van der Waals surface area contributed by atoms with Crippen molar-refractivity contribution >= 4 is 33.6 Å². The maximum absolute atomic E-state index is 12.3. The highest BCUT2D eigenvalue weighted by molar-refractivity contribution is 9.10. The van der Waals surface area contributed by atoms with Crippen molar-refractivity contribution in [2.24, 2.45) is 0 Å². The van der Waals surface area contributed by atoms with Crippen LogP contribution in [0.25, 0.3) is 0 Å². The van der Waals surface area contributed by atoms with Gasteiger partial charge in [0.15, 0.2) is 0 Å². The van der Waals surface area contributed by atoms with Gasteiger partial charge in [-0.3, -0.25) is 4.79 Å². The first-order valence-corrected chi connectivity index (χ1v) is 7.61. The van der Waals surface area contributed by atoms with E-state index in [4.69, 9.17) is 5.11 Å². The molecule has 5 nitrogen and oxygen atoms in total.